The van der Waals surface area contributed by atoms with Crippen LogP contribution in [0, 0.1) is 5.92 Å². The second-order valence-electron chi connectivity index (χ2n) is 3.22. The zero-order valence-electron chi connectivity index (χ0n) is 6.74. The quantitative estimate of drug-likeness (QED) is 0.748. The second-order valence-corrected chi connectivity index (χ2v) is 5.88. The minimum absolute atomic E-state index is 0.123. The van der Waals surface area contributed by atoms with Gasteiger partial charge in [0.2, 0.25) is 0 Å². The van der Waals surface area contributed by atoms with Gasteiger partial charge in [-0.15, -0.1) is 0 Å². The summed E-state index contributed by atoms with van der Waals surface area (Å²) in [4.78, 5) is 0. The first-order valence-corrected chi connectivity index (χ1v) is 5.22. The van der Waals surface area contributed by atoms with Crippen molar-refractivity contribution in [2.75, 3.05) is 0 Å². The lowest BCUT2D eigenvalue weighted by Gasteiger charge is -2.17. The lowest BCUT2D eigenvalue weighted by Crippen LogP contribution is -2.27. The molecule has 5 heteroatoms. The molecule has 1 atom stereocenters. The van der Waals surface area contributed by atoms with Gasteiger partial charge in [-0.05, 0) is 5.92 Å². The van der Waals surface area contributed by atoms with Crippen LogP contribution in [0.5, 0.6) is 0 Å². The van der Waals surface area contributed by atoms with Gasteiger partial charge in [-0.2, -0.15) is 0 Å². The lowest BCUT2D eigenvalue weighted by atomic mass is 10.00. The monoisotopic (exact) mass is 250 g/mol. The predicted molar refractivity (Wildman–Crippen MR) is 53.3 cm³/mol. The molecule has 1 rings (SSSR count). The predicted octanol–water partition coefficient (Wildman–Crippen LogP) is 3.13. The van der Waals surface area contributed by atoms with Crippen LogP contribution in [-0.4, -0.2) is 19.4 Å². The van der Waals surface area contributed by atoms with E-state index in [2.05, 4.69) is 0 Å². The Morgan fingerprint density at radius 3 is 1.58 bits per heavy atom. The largest absolute Gasteiger partial charge is 0.383 e. The second kappa shape index (κ2) is 2.80. The van der Waals surface area contributed by atoms with E-state index >= 15 is 0 Å². The number of hydrogen-bond acceptors (Lipinski definition) is 1. The molecule has 1 aliphatic rings. The Balaban J connectivity index is 2.92. The summed E-state index contributed by atoms with van der Waals surface area (Å²) in [5.41, 5.74) is -1.39. The van der Waals surface area contributed by atoms with Crippen molar-refractivity contribution in [1.29, 1.82) is 0 Å². The molecule has 1 saturated carbocycles. The molecule has 0 aromatic carbocycles. The molecule has 0 spiro atoms. The van der Waals surface area contributed by atoms with Gasteiger partial charge in [-0.3, -0.25) is 0 Å². The summed E-state index contributed by atoms with van der Waals surface area (Å²) in [6, 6.07) is 0. The zero-order valence-corrected chi connectivity index (χ0v) is 9.77. The molecule has 1 aliphatic carbocycles. The van der Waals surface area contributed by atoms with E-state index in [1.54, 1.807) is 0 Å². The highest BCUT2D eigenvalue weighted by Gasteiger charge is 2.88. The van der Waals surface area contributed by atoms with E-state index in [-0.39, 0.29) is 5.92 Å². The van der Waals surface area contributed by atoms with Crippen molar-refractivity contribution in [3.05, 3.63) is 0 Å². The molecule has 1 fully saturated rings. The smallest absolute Gasteiger partial charge is 0.185 e. The molecule has 0 radical (unpaired) electrons. The van der Waals surface area contributed by atoms with E-state index in [1.807, 2.05) is 13.8 Å². The van der Waals surface area contributed by atoms with E-state index in [0.29, 0.717) is 0 Å². The molecular formula is C7H10Cl4O. The summed E-state index contributed by atoms with van der Waals surface area (Å²) in [5, 5.41) is 9.93. The first kappa shape index (κ1) is 11.2. The minimum Gasteiger partial charge on any atom is -0.383 e. The number of hydrogen-bond donors (Lipinski definition) is 1. The van der Waals surface area contributed by atoms with Crippen LogP contribution in [0.15, 0.2) is 0 Å². The summed E-state index contributed by atoms with van der Waals surface area (Å²) in [6.07, 6.45) is 0.721. The molecule has 1 N–H and O–H groups in total. The van der Waals surface area contributed by atoms with Gasteiger partial charge in [-0.25, -0.2) is 0 Å². The van der Waals surface area contributed by atoms with Gasteiger partial charge in [0, 0.05) is 0 Å². The number of aliphatic hydroxyl groups is 1. The Morgan fingerprint density at radius 1 is 1.17 bits per heavy atom. The van der Waals surface area contributed by atoms with Crippen LogP contribution >= 0.6 is 46.4 Å². The first-order chi connectivity index (χ1) is 5.23. The summed E-state index contributed by atoms with van der Waals surface area (Å²) < 4.78 is -2.89. The third kappa shape index (κ3) is 0.978. The maximum Gasteiger partial charge on any atom is 0.185 e. The van der Waals surface area contributed by atoms with Crippen LogP contribution < -0.4 is 0 Å². The molecule has 0 aromatic heterocycles. The van der Waals surface area contributed by atoms with Gasteiger partial charge in [-0.1, -0.05) is 66.7 Å². The minimum atomic E-state index is -1.45. The SMILES string of the molecule is CCC(C)C1(O)C(Cl)(Cl)C1(Cl)Cl. The van der Waals surface area contributed by atoms with Crippen LogP contribution in [-0.2, 0) is 0 Å². The van der Waals surface area contributed by atoms with Gasteiger partial charge in [0.1, 0.15) is 5.60 Å². The Labute approximate surface area is 91.9 Å². The average Bonchev–Trinajstić information content (AvgIpc) is 2.28. The molecule has 0 aliphatic heterocycles. The molecule has 0 saturated heterocycles. The van der Waals surface area contributed by atoms with E-state index < -0.39 is 14.3 Å². The van der Waals surface area contributed by atoms with Crippen molar-refractivity contribution >= 4 is 46.4 Å². The lowest BCUT2D eigenvalue weighted by molar-refractivity contribution is 0.0831. The highest BCUT2D eigenvalue weighted by atomic mass is 35.5. The third-order valence-corrected chi connectivity index (χ3v) is 5.29. The van der Waals surface area contributed by atoms with E-state index in [9.17, 15) is 5.11 Å². The highest BCUT2D eigenvalue weighted by Crippen LogP contribution is 2.74. The van der Waals surface area contributed by atoms with Crippen molar-refractivity contribution < 1.29 is 5.11 Å². The standard InChI is InChI=1S/C7H10Cl4O/c1-3-4(2)5(12)6(8,9)7(5,10)11/h4,12H,3H2,1-2H3. The Kier molecular flexibility index (Phi) is 2.62. The molecule has 0 bridgehead atoms. The Bertz CT molecular complexity index is 188. The number of rotatable bonds is 2. The number of alkyl halides is 4. The van der Waals surface area contributed by atoms with Crippen molar-refractivity contribution in [3.8, 4) is 0 Å². The van der Waals surface area contributed by atoms with Crippen molar-refractivity contribution in [3.63, 3.8) is 0 Å². The fourth-order valence-corrected chi connectivity index (χ4v) is 3.23. The van der Waals surface area contributed by atoms with Crippen molar-refractivity contribution in [2.24, 2.45) is 5.92 Å². The van der Waals surface area contributed by atoms with Crippen molar-refractivity contribution in [2.45, 2.75) is 34.5 Å². The Hall–Kier alpha value is 1.12. The van der Waals surface area contributed by atoms with Crippen LogP contribution in [0.4, 0.5) is 0 Å². The number of halogens is 4. The molecule has 0 amide bonds. The van der Waals surface area contributed by atoms with Crippen molar-refractivity contribution in [1.82, 2.24) is 0 Å². The molecule has 0 heterocycles. The summed E-state index contributed by atoms with van der Waals surface area (Å²) in [5.74, 6) is -0.123. The maximum atomic E-state index is 9.93. The van der Waals surface area contributed by atoms with E-state index in [0.717, 1.165) is 6.42 Å². The van der Waals surface area contributed by atoms with Gasteiger partial charge in [0.15, 0.2) is 8.67 Å². The van der Waals surface area contributed by atoms with Gasteiger partial charge >= 0.3 is 0 Å². The molecule has 0 aromatic rings. The van der Waals surface area contributed by atoms with Gasteiger partial charge < -0.3 is 5.11 Å². The molecular weight excluding hydrogens is 242 g/mol. The topological polar surface area (TPSA) is 20.2 Å². The highest BCUT2D eigenvalue weighted by molar-refractivity contribution is 6.69. The summed E-state index contributed by atoms with van der Waals surface area (Å²) in [6.45, 7) is 3.72. The van der Waals surface area contributed by atoms with Crippen LogP contribution in [0.2, 0.25) is 0 Å². The Morgan fingerprint density at radius 2 is 1.50 bits per heavy atom. The van der Waals surface area contributed by atoms with E-state index in [1.165, 1.54) is 0 Å². The van der Waals surface area contributed by atoms with Gasteiger partial charge in [0.05, 0.1) is 0 Å². The van der Waals surface area contributed by atoms with Gasteiger partial charge in [0.25, 0.3) is 0 Å². The fraction of sp³-hybridized carbons (Fsp3) is 1.00. The average molecular weight is 252 g/mol. The molecule has 1 unspecified atom stereocenters. The first-order valence-electron chi connectivity index (χ1n) is 3.71. The van der Waals surface area contributed by atoms with Crippen LogP contribution in [0.25, 0.3) is 0 Å². The maximum absolute atomic E-state index is 9.93. The molecule has 72 valence electrons. The molecule has 12 heavy (non-hydrogen) atoms. The normalized spacial score (nSPS) is 31.2. The summed E-state index contributed by atoms with van der Waals surface area (Å²) in [7, 11) is 0. The van der Waals surface area contributed by atoms with Crippen LogP contribution in [0.3, 0.4) is 0 Å². The third-order valence-electron chi connectivity index (χ3n) is 2.61. The van der Waals surface area contributed by atoms with Crippen LogP contribution in [0.1, 0.15) is 20.3 Å². The zero-order chi connectivity index (χ0) is 9.78. The van der Waals surface area contributed by atoms with E-state index in [4.69, 9.17) is 46.4 Å². The molecule has 1 nitrogen and oxygen atoms in total. The fourth-order valence-electron chi connectivity index (χ4n) is 1.34. The summed E-state index contributed by atoms with van der Waals surface area (Å²) >= 11 is 23.1.